The van der Waals surface area contributed by atoms with Gasteiger partial charge in [-0.05, 0) is 31.0 Å². The Morgan fingerprint density at radius 2 is 2.06 bits per heavy atom. The molecule has 1 aliphatic rings. The quantitative estimate of drug-likeness (QED) is 0.407. The fraction of sp³-hybridized carbons (Fsp3) is 0.346. The van der Waals surface area contributed by atoms with E-state index in [1.165, 1.54) is 35.0 Å². The molecule has 9 heteroatoms. The third-order valence-corrected chi connectivity index (χ3v) is 7.98. The van der Waals surface area contributed by atoms with E-state index in [2.05, 4.69) is 46.2 Å². The number of aryl methyl sites for hydroxylation is 1. The normalized spacial score (nSPS) is 16.6. The predicted octanol–water partition coefficient (Wildman–Crippen LogP) is 4.58. The van der Waals surface area contributed by atoms with Crippen molar-refractivity contribution >= 4 is 11.3 Å². The van der Waals surface area contributed by atoms with E-state index >= 15 is 0 Å². The maximum absolute atomic E-state index is 14.9. The monoisotopic (exact) mass is 495 g/mol. The largest absolute Gasteiger partial charge is 0.381 e. The van der Waals surface area contributed by atoms with Crippen LogP contribution in [0.15, 0.2) is 55.1 Å². The second kappa shape index (κ2) is 9.56. The Hall–Kier alpha value is -3.01. The highest BCUT2D eigenvalue weighted by Gasteiger charge is 2.43. The summed E-state index contributed by atoms with van der Waals surface area (Å²) in [5, 5.41) is 17.0. The van der Waals surface area contributed by atoms with Crippen LogP contribution >= 0.6 is 11.3 Å². The highest BCUT2D eigenvalue weighted by molar-refractivity contribution is 7.15. The zero-order valence-electron chi connectivity index (χ0n) is 19.7. The maximum Gasteiger partial charge on any atom is 0.137 e. The number of benzene rings is 2. The zero-order chi connectivity index (χ0) is 24.6. The summed E-state index contributed by atoms with van der Waals surface area (Å²) in [6.07, 6.45) is 4.54. The van der Waals surface area contributed by atoms with E-state index < -0.39 is 23.3 Å². The lowest BCUT2D eigenvalue weighted by Crippen LogP contribution is -2.53. The maximum atomic E-state index is 14.9. The van der Waals surface area contributed by atoms with Crippen molar-refractivity contribution in [3.8, 4) is 10.6 Å². The Balaban J connectivity index is 1.45. The molecule has 1 N–H and O–H groups in total. The van der Waals surface area contributed by atoms with Crippen LogP contribution in [0.3, 0.4) is 0 Å². The van der Waals surface area contributed by atoms with E-state index in [0.29, 0.717) is 13.1 Å². The Labute approximate surface area is 206 Å². The van der Waals surface area contributed by atoms with Crippen molar-refractivity contribution in [2.75, 3.05) is 6.54 Å². The van der Waals surface area contributed by atoms with Crippen molar-refractivity contribution in [3.63, 3.8) is 0 Å². The van der Waals surface area contributed by atoms with Gasteiger partial charge in [0.1, 0.15) is 34.9 Å². The van der Waals surface area contributed by atoms with Crippen LogP contribution in [0.25, 0.3) is 10.6 Å². The molecule has 35 heavy (non-hydrogen) atoms. The van der Waals surface area contributed by atoms with Gasteiger partial charge in [-0.15, -0.1) is 11.3 Å². The lowest BCUT2D eigenvalue weighted by atomic mass is 9.85. The van der Waals surface area contributed by atoms with E-state index in [1.54, 1.807) is 11.3 Å². The van der Waals surface area contributed by atoms with Gasteiger partial charge in [0.15, 0.2) is 0 Å². The average Bonchev–Trinajstić information content (AvgIpc) is 3.52. The van der Waals surface area contributed by atoms with Gasteiger partial charge in [-0.2, -0.15) is 5.10 Å². The van der Waals surface area contributed by atoms with Gasteiger partial charge < -0.3 is 5.11 Å². The molecule has 2 atom stereocenters. The van der Waals surface area contributed by atoms with Crippen molar-refractivity contribution in [3.05, 3.63) is 88.5 Å². The van der Waals surface area contributed by atoms with Gasteiger partial charge in [-0.25, -0.2) is 23.4 Å². The third kappa shape index (κ3) is 4.63. The minimum Gasteiger partial charge on any atom is -0.381 e. The number of thiazole rings is 1. The first kappa shape index (κ1) is 23.7. The van der Waals surface area contributed by atoms with Crippen molar-refractivity contribution in [2.24, 2.45) is 0 Å². The van der Waals surface area contributed by atoms with Crippen LogP contribution in [-0.2, 0) is 31.5 Å². The summed E-state index contributed by atoms with van der Waals surface area (Å²) in [7, 11) is 0. The van der Waals surface area contributed by atoms with Crippen molar-refractivity contribution in [1.29, 1.82) is 0 Å². The minimum absolute atomic E-state index is 0.0160. The Morgan fingerprint density at radius 3 is 2.80 bits per heavy atom. The summed E-state index contributed by atoms with van der Waals surface area (Å²) >= 11 is 1.66. The Bertz CT molecular complexity index is 1330. The zero-order valence-corrected chi connectivity index (χ0v) is 20.5. The van der Waals surface area contributed by atoms with Crippen LogP contribution in [0.4, 0.5) is 8.78 Å². The first-order valence-corrected chi connectivity index (χ1v) is 12.5. The molecule has 4 aromatic rings. The average molecular weight is 496 g/mol. The molecule has 0 unspecified atom stereocenters. The molecule has 0 bridgehead atoms. The van der Waals surface area contributed by atoms with E-state index in [4.69, 9.17) is 4.98 Å². The third-order valence-electron chi connectivity index (χ3n) is 6.85. The number of aliphatic hydroxyl groups is 1. The highest BCUT2D eigenvalue weighted by atomic mass is 32.1. The molecule has 0 radical (unpaired) electrons. The number of nitrogens with zero attached hydrogens (tertiary/aromatic N) is 5. The van der Waals surface area contributed by atoms with Crippen LogP contribution in [0.2, 0.25) is 0 Å². The van der Waals surface area contributed by atoms with Gasteiger partial charge in [-0.1, -0.05) is 31.2 Å². The number of fused-ring (bicyclic) bond motifs is 1. The van der Waals surface area contributed by atoms with E-state index in [1.807, 2.05) is 6.92 Å². The van der Waals surface area contributed by atoms with Crippen molar-refractivity contribution in [2.45, 2.75) is 51.4 Å². The van der Waals surface area contributed by atoms with Crippen molar-refractivity contribution < 1.29 is 13.9 Å². The first-order chi connectivity index (χ1) is 16.9. The number of hydrogen-bond donors (Lipinski definition) is 1. The molecule has 2 aromatic carbocycles. The van der Waals surface area contributed by atoms with Crippen LogP contribution in [-0.4, -0.2) is 42.3 Å². The second-order valence-corrected chi connectivity index (χ2v) is 10.1. The smallest absolute Gasteiger partial charge is 0.137 e. The standard InChI is InChI=1S/C26H27F2N5OS/c1-3-18-5-4-6-19(11-18)25-31-23-9-10-32(13-24(23)35-25)17(2)26(34,14-33-16-29-15-30-33)21-8-7-20(27)12-22(21)28/h4-8,11-12,15-17,34H,3,9-10,13-14H2,1-2H3/t17-,26-/m1/s1. The van der Waals surface area contributed by atoms with E-state index in [-0.39, 0.29) is 12.1 Å². The van der Waals surface area contributed by atoms with Gasteiger partial charge in [0, 0.05) is 47.6 Å². The summed E-state index contributed by atoms with van der Waals surface area (Å²) in [6, 6.07) is 11.2. The van der Waals surface area contributed by atoms with Gasteiger partial charge >= 0.3 is 0 Å². The number of halogens is 2. The number of rotatable bonds is 7. The van der Waals surface area contributed by atoms with Gasteiger partial charge in [0.05, 0.1) is 12.2 Å². The fourth-order valence-electron chi connectivity index (χ4n) is 4.74. The van der Waals surface area contributed by atoms with Crippen LogP contribution < -0.4 is 0 Å². The molecule has 182 valence electrons. The molecule has 0 fully saturated rings. The van der Waals surface area contributed by atoms with E-state index in [0.717, 1.165) is 40.1 Å². The molecule has 0 spiro atoms. The fourth-order valence-corrected chi connectivity index (χ4v) is 5.87. The summed E-state index contributed by atoms with van der Waals surface area (Å²) in [5.41, 5.74) is 1.83. The van der Waals surface area contributed by atoms with Gasteiger partial charge in [-0.3, -0.25) is 4.90 Å². The molecule has 2 aromatic heterocycles. The topological polar surface area (TPSA) is 67.1 Å². The molecular weight excluding hydrogens is 468 g/mol. The molecule has 5 rings (SSSR count). The molecule has 0 aliphatic carbocycles. The lowest BCUT2D eigenvalue weighted by molar-refractivity contribution is -0.0675. The Morgan fingerprint density at radius 1 is 1.20 bits per heavy atom. The molecular formula is C26H27F2N5OS. The second-order valence-electron chi connectivity index (χ2n) is 8.98. The Kier molecular flexibility index (Phi) is 6.48. The van der Waals surface area contributed by atoms with Crippen LogP contribution in [0.5, 0.6) is 0 Å². The summed E-state index contributed by atoms with van der Waals surface area (Å²) < 4.78 is 30.1. The van der Waals surface area contributed by atoms with Crippen molar-refractivity contribution in [1.82, 2.24) is 24.6 Å². The first-order valence-electron chi connectivity index (χ1n) is 11.7. The summed E-state index contributed by atoms with van der Waals surface area (Å²) in [5.74, 6) is -1.47. The summed E-state index contributed by atoms with van der Waals surface area (Å²) in [6.45, 7) is 5.24. The summed E-state index contributed by atoms with van der Waals surface area (Å²) in [4.78, 5) is 12.1. The number of aromatic nitrogens is 4. The van der Waals surface area contributed by atoms with Gasteiger partial charge in [0.2, 0.25) is 0 Å². The van der Waals surface area contributed by atoms with Gasteiger partial charge in [0.25, 0.3) is 0 Å². The molecule has 3 heterocycles. The molecule has 1 aliphatic heterocycles. The molecule has 0 saturated carbocycles. The predicted molar refractivity (Wildman–Crippen MR) is 131 cm³/mol. The molecule has 6 nitrogen and oxygen atoms in total. The molecule has 0 saturated heterocycles. The highest BCUT2D eigenvalue weighted by Crippen LogP contribution is 2.37. The SMILES string of the molecule is CCc1cccc(-c2nc3c(s2)CN([C@H](C)[C@](O)(Cn2cncn2)c2ccc(F)cc2F)CC3)c1. The lowest BCUT2D eigenvalue weighted by Gasteiger charge is -2.42. The van der Waals surface area contributed by atoms with Crippen LogP contribution in [0.1, 0.15) is 35.5 Å². The number of hydrogen-bond acceptors (Lipinski definition) is 6. The molecule has 0 amide bonds. The van der Waals surface area contributed by atoms with Crippen LogP contribution in [0, 0.1) is 11.6 Å². The minimum atomic E-state index is -1.66. The van der Waals surface area contributed by atoms with E-state index in [9.17, 15) is 13.9 Å².